The molecule has 0 bridgehead atoms. The molecule has 0 spiro atoms. The van der Waals surface area contributed by atoms with Crippen LogP contribution in [0.15, 0.2) is 0 Å². The molecule has 1 aromatic rings. The van der Waals surface area contributed by atoms with Crippen molar-refractivity contribution < 1.29 is 0 Å². The van der Waals surface area contributed by atoms with Crippen LogP contribution in [0, 0.1) is 11.3 Å². The molecule has 19 heavy (non-hydrogen) atoms. The fourth-order valence-electron chi connectivity index (χ4n) is 3.84. The fourth-order valence-corrected chi connectivity index (χ4v) is 3.84. The molecule has 2 heterocycles. The summed E-state index contributed by atoms with van der Waals surface area (Å²) >= 11 is 0. The lowest BCUT2D eigenvalue weighted by atomic mass is 9.68. The molecule has 1 saturated carbocycles. The van der Waals surface area contributed by atoms with E-state index in [9.17, 15) is 0 Å². The Hall–Kier alpha value is -0.900. The minimum atomic E-state index is 0.359. The van der Waals surface area contributed by atoms with E-state index in [1.165, 1.54) is 43.8 Å². The SMILES string of the molecule is CC1(C)CCCCC1c1nnc2n1CC(CN)CC2. The molecule has 4 heteroatoms. The van der Waals surface area contributed by atoms with Gasteiger partial charge in [-0.3, -0.25) is 0 Å². The lowest BCUT2D eigenvalue weighted by Gasteiger charge is -2.38. The van der Waals surface area contributed by atoms with Gasteiger partial charge in [-0.25, -0.2) is 0 Å². The van der Waals surface area contributed by atoms with Crippen LogP contribution in [0.2, 0.25) is 0 Å². The highest BCUT2D eigenvalue weighted by molar-refractivity contribution is 5.10. The first-order chi connectivity index (χ1) is 9.12. The van der Waals surface area contributed by atoms with Gasteiger partial charge in [0.1, 0.15) is 11.6 Å². The van der Waals surface area contributed by atoms with E-state index in [0.717, 1.165) is 19.5 Å². The molecule has 1 aliphatic carbocycles. The number of rotatable bonds is 2. The Morgan fingerprint density at radius 2 is 2.11 bits per heavy atom. The summed E-state index contributed by atoms with van der Waals surface area (Å²) in [6.07, 6.45) is 7.47. The zero-order chi connectivity index (χ0) is 13.5. The van der Waals surface area contributed by atoms with Crippen LogP contribution in [0.3, 0.4) is 0 Å². The van der Waals surface area contributed by atoms with E-state index in [-0.39, 0.29) is 0 Å². The number of fused-ring (bicyclic) bond motifs is 1. The second kappa shape index (κ2) is 4.89. The van der Waals surface area contributed by atoms with Crippen molar-refractivity contribution in [3.8, 4) is 0 Å². The highest BCUT2D eigenvalue weighted by Crippen LogP contribution is 2.46. The number of hydrogen-bond acceptors (Lipinski definition) is 3. The fraction of sp³-hybridized carbons (Fsp3) is 0.867. The summed E-state index contributed by atoms with van der Waals surface area (Å²) in [5.74, 6) is 3.59. The van der Waals surface area contributed by atoms with Crippen molar-refractivity contribution in [1.29, 1.82) is 0 Å². The zero-order valence-electron chi connectivity index (χ0n) is 12.2. The van der Waals surface area contributed by atoms with Gasteiger partial charge in [0.25, 0.3) is 0 Å². The summed E-state index contributed by atoms with van der Waals surface area (Å²) in [6.45, 7) is 6.59. The normalized spacial score (nSPS) is 30.1. The van der Waals surface area contributed by atoms with E-state index in [1.54, 1.807) is 0 Å². The highest BCUT2D eigenvalue weighted by Gasteiger charge is 2.37. The van der Waals surface area contributed by atoms with E-state index in [2.05, 4.69) is 28.6 Å². The zero-order valence-corrected chi connectivity index (χ0v) is 12.2. The molecule has 0 saturated heterocycles. The minimum absolute atomic E-state index is 0.359. The van der Waals surface area contributed by atoms with E-state index in [1.807, 2.05) is 0 Å². The van der Waals surface area contributed by atoms with E-state index < -0.39 is 0 Å². The molecule has 2 atom stereocenters. The van der Waals surface area contributed by atoms with E-state index >= 15 is 0 Å². The van der Waals surface area contributed by atoms with Crippen LogP contribution in [0.5, 0.6) is 0 Å². The monoisotopic (exact) mass is 262 g/mol. The highest BCUT2D eigenvalue weighted by atomic mass is 15.3. The second-order valence-corrected chi connectivity index (χ2v) is 7.01. The third-order valence-electron chi connectivity index (χ3n) is 5.23. The smallest absolute Gasteiger partial charge is 0.136 e. The quantitative estimate of drug-likeness (QED) is 0.891. The van der Waals surface area contributed by atoms with Gasteiger partial charge in [0.2, 0.25) is 0 Å². The van der Waals surface area contributed by atoms with E-state index in [0.29, 0.717) is 17.3 Å². The maximum atomic E-state index is 5.86. The summed E-state index contributed by atoms with van der Waals surface area (Å²) in [7, 11) is 0. The average molecular weight is 262 g/mol. The van der Waals surface area contributed by atoms with Gasteiger partial charge in [0, 0.05) is 18.9 Å². The Morgan fingerprint density at radius 3 is 2.84 bits per heavy atom. The van der Waals surface area contributed by atoms with Crippen molar-refractivity contribution in [2.45, 2.75) is 64.8 Å². The summed E-state index contributed by atoms with van der Waals surface area (Å²) in [5, 5.41) is 9.00. The second-order valence-electron chi connectivity index (χ2n) is 7.01. The largest absolute Gasteiger partial charge is 0.330 e. The molecule has 106 valence electrons. The summed E-state index contributed by atoms with van der Waals surface area (Å²) in [6, 6.07) is 0. The molecule has 1 fully saturated rings. The van der Waals surface area contributed by atoms with Crippen LogP contribution in [-0.2, 0) is 13.0 Å². The standard InChI is InChI=1S/C15H26N4/c1-15(2)8-4-3-5-12(15)14-18-17-13-7-6-11(9-16)10-19(13)14/h11-12H,3-10,16H2,1-2H3. The maximum absolute atomic E-state index is 5.86. The van der Waals surface area contributed by atoms with Crippen LogP contribution in [0.4, 0.5) is 0 Å². The van der Waals surface area contributed by atoms with Crippen molar-refractivity contribution in [2.75, 3.05) is 6.54 Å². The van der Waals surface area contributed by atoms with Gasteiger partial charge in [-0.1, -0.05) is 26.7 Å². The topological polar surface area (TPSA) is 56.7 Å². The number of aromatic nitrogens is 3. The van der Waals surface area contributed by atoms with Gasteiger partial charge in [-0.15, -0.1) is 10.2 Å². The Kier molecular flexibility index (Phi) is 3.37. The predicted molar refractivity (Wildman–Crippen MR) is 75.9 cm³/mol. The Bertz CT molecular complexity index is 449. The number of nitrogens with zero attached hydrogens (tertiary/aromatic N) is 3. The van der Waals surface area contributed by atoms with Crippen molar-refractivity contribution in [3.63, 3.8) is 0 Å². The number of nitrogens with two attached hydrogens (primary N) is 1. The van der Waals surface area contributed by atoms with Crippen molar-refractivity contribution >= 4 is 0 Å². The Morgan fingerprint density at radius 1 is 1.26 bits per heavy atom. The van der Waals surface area contributed by atoms with Crippen LogP contribution in [0.1, 0.15) is 63.5 Å². The maximum Gasteiger partial charge on any atom is 0.136 e. The average Bonchev–Trinajstić information content (AvgIpc) is 2.81. The number of hydrogen-bond donors (Lipinski definition) is 1. The molecular weight excluding hydrogens is 236 g/mol. The van der Waals surface area contributed by atoms with Crippen LogP contribution in [0.25, 0.3) is 0 Å². The van der Waals surface area contributed by atoms with Crippen molar-refractivity contribution in [1.82, 2.24) is 14.8 Å². The summed E-state index contributed by atoms with van der Waals surface area (Å²) < 4.78 is 2.39. The molecule has 2 N–H and O–H groups in total. The predicted octanol–water partition coefficient (Wildman–Crippen LogP) is 2.48. The van der Waals surface area contributed by atoms with Crippen LogP contribution >= 0.6 is 0 Å². The van der Waals surface area contributed by atoms with Gasteiger partial charge in [0.15, 0.2) is 0 Å². The Balaban J connectivity index is 1.91. The molecule has 1 aromatic heterocycles. The van der Waals surface area contributed by atoms with Gasteiger partial charge in [0.05, 0.1) is 0 Å². The Labute approximate surface area is 115 Å². The molecular formula is C15H26N4. The minimum Gasteiger partial charge on any atom is -0.330 e. The van der Waals surface area contributed by atoms with Gasteiger partial charge in [-0.2, -0.15) is 0 Å². The van der Waals surface area contributed by atoms with Gasteiger partial charge >= 0.3 is 0 Å². The molecule has 2 aliphatic rings. The van der Waals surface area contributed by atoms with Crippen LogP contribution < -0.4 is 5.73 Å². The first kappa shape index (κ1) is 13.1. The summed E-state index contributed by atoms with van der Waals surface area (Å²) in [4.78, 5) is 0. The molecule has 1 aliphatic heterocycles. The van der Waals surface area contributed by atoms with Crippen molar-refractivity contribution in [3.05, 3.63) is 11.6 Å². The number of aryl methyl sites for hydroxylation is 1. The first-order valence-corrected chi connectivity index (χ1v) is 7.74. The molecule has 0 radical (unpaired) electrons. The van der Waals surface area contributed by atoms with Gasteiger partial charge < -0.3 is 10.3 Å². The molecule has 3 rings (SSSR count). The molecule has 0 amide bonds. The lowest BCUT2D eigenvalue weighted by molar-refractivity contribution is 0.185. The van der Waals surface area contributed by atoms with Crippen LogP contribution in [-0.4, -0.2) is 21.3 Å². The molecule has 0 aromatic carbocycles. The third kappa shape index (κ3) is 2.31. The van der Waals surface area contributed by atoms with E-state index in [4.69, 9.17) is 5.73 Å². The lowest BCUT2D eigenvalue weighted by Crippen LogP contribution is -2.32. The summed E-state index contributed by atoms with van der Waals surface area (Å²) in [5.41, 5.74) is 6.22. The van der Waals surface area contributed by atoms with Crippen molar-refractivity contribution in [2.24, 2.45) is 17.1 Å². The molecule has 4 nitrogen and oxygen atoms in total. The first-order valence-electron chi connectivity index (χ1n) is 7.74. The third-order valence-corrected chi connectivity index (χ3v) is 5.23. The molecule has 2 unspecified atom stereocenters. The van der Waals surface area contributed by atoms with Gasteiger partial charge in [-0.05, 0) is 37.1 Å².